The van der Waals surface area contributed by atoms with Gasteiger partial charge >= 0.3 is 6.03 Å². The summed E-state index contributed by atoms with van der Waals surface area (Å²) in [5.74, 6) is 0.708. The van der Waals surface area contributed by atoms with E-state index in [4.69, 9.17) is 0 Å². The normalized spacial score (nSPS) is 13.8. The van der Waals surface area contributed by atoms with Gasteiger partial charge in [0, 0.05) is 25.5 Å². The van der Waals surface area contributed by atoms with E-state index in [0.29, 0.717) is 12.4 Å². The number of hydrogen-bond acceptors (Lipinski definition) is 4. The molecule has 0 unspecified atom stereocenters. The van der Waals surface area contributed by atoms with Crippen molar-refractivity contribution in [2.45, 2.75) is 32.5 Å². The minimum absolute atomic E-state index is 0.0263. The molecule has 0 radical (unpaired) electrons. The summed E-state index contributed by atoms with van der Waals surface area (Å²) in [6.45, 7) is 4.41. The molecule has 2 aromatic rings. The first kappa shape index (κ1) is 14.0. The molecule has 108 valence electrons. The van der Waals surface area contributed by atoms with Gasteiger partial charge in [-0.2, -0.15) is 5.10 Å². The lowest BCUT2D eigenvalue weighted by Gasteiger charge is -2.17. The van der Waals surface area contributed by atoms with E-state index in [2.05, 4.69) is 25.9 Å². The van der Waals surface area contributed by atoms with E-state index in [1.54, 1.807) is 21.8 Å². The second-order valence-corrected chi connectivity index (χ2v) is 4.77. The van der Waals surface area contributed by atoms with Gasteiger partial charge in [0.15, 0.2) is 5.82 Å². The molecule has 20 heavy (non-hydrogen) atoms. The van der Waals surface area contributed by atoms with Crippen molar-refractivity contribution in [1.82, 2.24) is 35.2 Å². The highest BCUT2D eigenvalue weighted by Crippen LogP contribution is 2.06. The van der Waals surface area contributed by atoms with Crippen LogP contribution in [0.2, 0.25) is 0 Å². The Morgan fingerprint density at radius 2 is 2.20 bits per heavy atom. The third kappa shape index (κ3) is 3.56. The molecular weight excluding hydrogens is 258 g/mol. The van der Waals surface area contributed by atoms with Crippen molar-refractivity contribution in [3.05, 3.63) is 30.6 Å². The summed E-state index contributed by atoms with van der Waals surface area (Å²) in [6.07, 6.45) is 5.17. The summed E-state index contributed by atoms with van der Waals surface area (Å²) < 4.78 is 3.55. The Bertz CT molecular complexity index is 548. The minimum Gasteiger partial charge on any atom is -0.334 e. The van der Waals surface area contributed by atoms with Crippen molar-refractivity contribution in [3.63, 3.8) is 0 Å². The Balaban J connectivity index is 1.81. The lowest BCUT2D eigenvalue weighted by atomic mass is 10.3. The van der Waals surface area contributed by atoms with E-state index in [9.17, 15) is 4.79 Å². The number of carbonyl (C=O) groups excluding carboxylic acids is 1. The first-order valence-electron chi connectivity index (χ1n) is 6.44. The first-order valence-corrected chi connectivity index (χ1v) is 6.44. The Morgan fingerprint density at radius 1 is 1.40 bits per heavy atom. The number of amides is 2. The van der Waals surface area contributed by atoms with Crippen LogP contribution in [0.3, 0.4) is 0 Å². The molecule has 0 aromatic carbocycles. The van der Waals surface area contributed by atoms with E-state index in [1.807, 2.05) is 33.2 Å². The van der Waals surface area contributed by atoms with Crippen LogP contribution in [-0.4, -0.2) is 36.6 Å². The number of aryl methyl sites for hydroxylation is 1. The average molecular weight is 277 g/mol. The third-order valence-electron chi connectivity index (χ3n) is 2.88. The SMILES string of the molecule is C[C@H](Cn1cccn1)NC(=O)N[C@H](C)c1nncn1C. The number of carbonyl (C=O) groups is 1. The lowest BCUT2D eigenvalue weighted by Crippen LogP contribution is -2.43. The molecule has 2 amide bonds. The van der Waals surface area contributed by atoms with Gasteiger partial charge < -0.3 is 15.2 Å². The quantitative estimate of drug-likeness (QED) is 0.831. The summed E-state index contributed by atoms with van der Waals surface area (Å²) >= 11 is 0. The van der Waals surface area contributed by atoms with E-state index < -0.39 is 0 Å². The Kier molecular flexibility index (Phi) is 4.34. The summed E-state index contributed by atoms with van der Waals surface area (Å²) in [5.41, 5.74) is 0. The van der Waals surface area contributed by atoms with Gasteiger partial charge in [-0.05, 0) is 19.9 Å². The van der Waals surface area contributed by atoms with Crippen LogP contribution in [0.1, 0.15) is 25.7 Å². The van der Waals surface area contributed by atoms with Crippen LogP contribution >= 0.6 is 0 Å². The molecule has 0 fully saturated rings. The Hall–Kier alpha value is -2.38. The molecule has 0 aliphatic heterocycles. The van der Waals surface area contributed by atoms with Crippen LogP contribution in [0.4, 0.5) is 4.79 Å². The van der Waals surface area contributed by atoms with Crippen LogP contribution in [0.5, 0.6) is 0 Å². The van der Waals surface area contributed by atoms with Crippen LogP contribution < -0.4 is 10.6 Å². The second kappa shape index (κ2) is 6.18. The topological polar surface area (TPSA) is 89.7 Å². The molecule has 0 saturated carbocycles. The summed E-state index contributed by atoms with van der Waals surface area (Å²) in [5, 5.41) is 17.5. The molecule has 0 bridgehead atoms. The molecule has 8 nitrogen and oxygen atoms in total. The molecule has 0 aliphatic rings. The molecule has 2 rings (SSSR count). The van der Waals surface area contributed by atoms with E-state index in [1.165, 1.54) is 0 Å². The van der Waals surface area contributed by atoms with Crippen molar-refractivity contribution in [3.8, 4) is 0 Å². The molecule has 2 atom stereocenters. The molecule has 0 saturated heterocycles. The number of nitrogens with zero attached hydrogens (tertiary/aromatic N) is 5. The van der Waals surface area contributed by atoms with Gasteiger partial charge in [0.2, 0.25) is 0 Å². The van der Waals surface area contributed by atoms with Crippen LogP contribution in [0.15, 0.2) is 24.8 Å². The maximum atomic E-state index is 11.9. The van der Waals surface area contributed by atoms with E-state index in [-0.39, 0.29) is 18.1 Å². The zero-order valence-corrected chi connectivity index (χ0v) is 11.8. The monoisotopic (exact) mass is 277 g/mol. The number of hydrogen-bond donors (Lipinski definition) is 2. The van der Waals surface area contributed by atoms with Crippen LogP contribution in [-0.2, 0) is 13.6 Å². The van der Waals surface area contributed by atoms with Crippen LogP contribution in [0.25, 0.3) is 0 Å². The number of nitrogens with one attached hydrogen (secondary N) is 2. The predicted octanol–water partition coefficient (Wildman–Crippen LogP) is 0.460. The van der Waals surface area contributed by atoms with Crippen molar-refractivity contribution in [2.24, 2.45) is 7.05 Å². The fourth-order valence-corrected chi connectivity index (χ4v) is 1.95. The van der Waals surface area contributed by atoms with Gasteiger partial charge in [-0.25, -0.2) is 4.79 Å². The largest absolute Gasteiger partial charge is 0.334 e. The second-order valence-electron chi connectivity index (χ2n) is 4.77. The maximum Gasteiger partial charge on any atom is 0.315 e. The molecule has 2 N–H and O–H groups in total. The summed E-state index contributed by atoms with van der Waals surface area (Å²) in [4.78, 5) is 11.9. The van der Waals surface area contributed by atoms with Crippen molar-refractivity contribution in [2.75, 3.05) is 0 Å². The van der Waals surface area contributed by atoms with Gasteiger partial charge in [0.05, 0.1) is 12.6 Å². The van der Waals surface area contributed by atoms with Gasteiger partial charge in [-0.3, -0.25) is 4.68 Å². The summed E-state index contributed by atoms with van der Waals surface area (Å²) in [7, 11) is 1.84. The Morgan fingerprint density at radius 3 is 2.80 bits per heavy atom. The van der Waals surface area contributed by atoms with Crippen molar-refractivity contribution >= 4 is 6.03 Å². The van der Waals surface area contributed by atoms with Gasteiger partial charge in [-0.1, -0.05) is 0 Å². The standard InChI is InChI=1S/C12H19N7O/c1-9(7-19-6-4-5-14-19)15-12(20)16-10(2)11-17-13-8-18(11)3/h4-6,8-10H,7H2,1-3H3,(H2,15,16,20)/t9-,10-/m1/s1. The van der Waals surface area contributed by atoms with Gasteiger partial charge in [-0.15, -0.1) is 10.2 Å². The smallest absolute Gasteiger partial charge is 0.315 e. The Labute approximate surface area is 117 Å². The third-order valence-corrected chi connectivity index (χ3v) is 2.88. The zero-order chi connectivity index (χ0) is 14.5. The first-order chi connectivity index (χ1) is 9.56. The molecule has 2 heterocycles. The number of aromatic nitrogens is 5. The fourth-order valence-electron chi connectivity index (χ4n) is 1.95. The molecular formula is C12H19N7O. The van der Waals surface area contributed by atoms with Gasteiger partial charge in [0.25, 0.3) is 0 Å². The molecule has 2 aromatic heterocycles. The predicted molar refractivity (Wildman–Crippen MR) is 72.8 cm³/mol. The van der Waals surface area contributed by atoms with Crippen molar-refractivity contribution in [1.29, 1.82) is 0 Å². The van der Waals surface area contributed by atoms with Gasteiger partial charge in [0.1, 0.15) is 6.33 Å². The molecule has 0 spiro atoms. The highest BCUT2D eigenvalue weighted by molar-refractivity contribution is 5.74. The average Bonchev–Trinajstić information content (AvgIpc) is 2.99. The minimum atomic E-state index is -0.236. The lowest BCUT2D eigenvalue weighted by molar-refractivity contribution is 0.232. The van der Waals surface area contributed by atoms with E-state index >= 15 is 0 Å². The fraction of sp³-hybridized carbons (Fsp3) is 0.500. The highest BCUT2D eigenvalue weighted by Gasteiger charge is 2.15. The number of urea groups is 1. The maximum absolute atomic E-state index is 11.9. The highest BCUT2D eigenvalue weighted by atomic mass is 16.2. The van der Waals surface area contributed by atoms with Crippen molar-refractivity contribution < 1.29 is 4.79 Å². The zero-order valence-electron chi connectivity index (χ0n) is 11.8. The summed E-state index contributed by atoms with van der Waals surface area (Å²) in [6, 6.07) is 1.38. The molecule has 0 aliphatic carbocycles. The number of rotatable bonds is 5. The van der Waals surface area contributed by atoms with Crippen LogP contribution in [0, 0.1) is 0 Å². The molecule has 8 heteroatoms. The van der Waals surface area contributed by atoms with E-state index in [0.717, 1.165) is 0 Å².